The van der Waals surface area contributed by atoms with E-state index in [0.29, 0.717) is 32.8 Å². The van der Waals surface area contributed by atoms with Crippen LogP contribution in [0.5, 0.6) is 5.75 Å². The zero-order chi connectivity index (χ0) is 29.9. The molecule has 4 aromatic rings. The van der Waals surface area contributed by atoms with E-state index in [1.807, 2.05) is 25.1 Å². The number of amides is 3. The van der Waals surface area contributed by atoms with Crippen molar-refractivity contribution in [3.63, 3.8) is 0 Å². The van der Waals surface area contributed by atoms with E-state index >= 15 is 0 Å². The Kier molecular flexibility index (Phi) is 8.40. The molecule has 1 fully saturated rings. The number of urea groups is 1. The van der Waals surface area contributed by atoms with Crippen molar-refractivity contribution in [1.29, 1.82) is 0 Å². The van der Waals surface area contributed by atoms with Crippen molar-refractivity contribution in [2.24, 2.45) is 10.1 Å². The molecular formula is C27H19BrF3N7O3S. The summed E-state index contributed by atoms with van der Waals surface area (Å²) in [6.07, 6.45) is -1.90. The quantitative estimate of drug-likeness (QED) is 0.198. The number of aliphatic imine (C=N–C) groups is 1. The molecule has 1 aliphatic heterocycles. The summed E-state index contributed by atoms with van der Waals surface area (Å²) < 4.78 is 43.1. The number of nitrogens with zero attached hydrogens (tertiary/aromatic N) is 6. The van der Waals surface area contributed by atoms with Crippen LogP contribution in [0.2, 0.25) is 0 Å². The summed E-state index contributed by atoms with van der Waals surface area (Å²) in [6, 6.07) is 17.0. The lowest BCUT2D eigenvalue weighted by atomic mass is 10.1. The third-order valence-electron chi connectivity index (χ3n) is 5.67. The van der Waals surface area contributed by atoms with E-state index in [0.717, 1.165) is 17.3 Å². The van der Waals surface area contributed by atoms with Gasteiger partial charge in [-0.15, -0.1) is 18.3 Å². The second kappa shape index (κ2) is 12.2. The van der Waals surface area contributed by atoms with E-state index in [9.17, 15) is 22.8 Å². The summed E-state index contributed by atoms with van der Waals surface area (Å²) in [5, 5.41) is 8.56. The maximum absolute atomic E-state index is 12.5. The van der Waals surface area contributed by atoms with Gasteiger partial charge in [-0.3, -0.25) is 9.69 Å². The average molecular weight is 658 g/mol. The fraction of sp³-hybridized carbons (Fsp3) is 0.111. The summed E-state index contributed by atoms with van der Waals surface area (Å²) in [7, 11) is 0. The molecule has 15 heteroatoms. The lowest BCUT2D eigenvalue weighted by molar-refractivity contribution is -0.274. The Morgan fingerprint density at radius 3 is 2.57 bits per heavy atom. The number of rotatable bonds is 6. The van der Waals surface area contributed by atoms with Crippen molar-refractivity contribution < 1.29 is 27.5 Å². The molecule has 0 spiro atoms. The number of nitrogens with one attached hydrogen (secondary N) is 1. The number of amidine groups is 1. The number of alkyl halides is 3. The fourth-order valence-electron chi connectivity index (χ4n) is 3.79. The Morgan fingerprint density at radius 1 is 1.12 bits per heavy atom. The van der Waals surface area contributed by atoms with Crippen LogP contribution in [-0.2, 0) is 4.79 Å². The molecule has 0 atom stereocenters. The Bertz CT molecular complexity index is 1690. The number of carbonyl (C=O) groups excluding carboxylic acids is 2. The topological polar surface area (TPSA) is 114 Å². The van der Waals surface area contributed by atoms with Gasteiger partial charge in [-0.25, -0.2) is 19.9 Å². The number of halogens is 4. The lowest BCUT2D eigenvalue weighted by Gasteiger charge is -2.18. The average Bonchev–Trinajstić information content (AvgIpc) is 3.57. The van der Waals surface area contributed by atoms with Gasteiger partial charge >= 0.3 is 12.4 Å². The van der Waals surface area contributed by atoms with E-state index in [1.165, 1.54) is 46.4 Å². The molecule has 1 N–H and O–H groups in total. The molecule has 1 saturated heterocycles. The molecule has 0 saturated carbocycles. The van der Waals surface area contributed by atoms with Gasteiger partial charge in [-0.2, -0.15) is 10.1 Å². The third kappa shape index (κ3) is 7.03. The predicted octanol–water partition coefficient (Wildman–Crippen LogP) is 6.08. The van der Waals surface area contributed by atoms with E-state index in [2.05, 4.69) is 46.3 Å². The van der Waals surface area contributed by atoms with Crippen LogP contribution in [0.1, 0.15) is 11.1 Å². The van der Waals surface area contributed by atoms with Crippen molar-refractivity contribution in [1.82, 2.24) is 20.2 Å². The maximum atomic E-state index is 12.5. The minimum absolute atomic E-state index is 0.165. The van der Waals surface area contributed by atoms with Crippen LogP contribution in [-0.4, -0.2) is 50.2 Å². The van der Waals surface area contributed by atoms with Crippen LogP contribution in [0.15, 0.2) is 87.6 Å². The van der Waals surface area contributed by atoms with Gasteiger partial charge in [0.25, 0.3) is 0 Å². The number of carbonyl (C=O) groups is 2. The summed E-state index contributed by atoms with van der Waals surface area (Å²) >= 11 is 4.61. The summed E-state index contributed by atoms with van der Waals surface area (Å²) in [5.41, 5.74) is 5.75. The first-order valence-corrected chi connectivity index (χ1v) is 13.9. The predicted molar refractivity (Wildman–Crippen MR) is 156 cm³/mol. The highest BCUT2D eigenvalue weighted by Gasteiger charge is 2.32. The van der Waals surface area contributed by atoms with Crippen molar-refractivity contribution >= 4 is 56.7 Å². The summed E-state index contributed by atoms with van der Waals surface area (Å²) in [5.74, 6) is 0.0385. The number of thioether (sulfide) groups is 1. The standard InChI is InChI=1S/C27H19BrF3N7O3S/c1-16-2-11-21(28)22(12-16)38-23(39)14-42-26(38)34-25(40)35-33-13-17-3-5-18(6-4-17)24-32-15-37(36-24)19-7-9-20(10-8-19)41-27(29,30)31/h2-13,15H,14H2,1H3,(H,35,40)/b33-13+,34-26-. The van der Waals surface area contributed by atoms with Crippen LogP contribution in [0.3, 0.4) is 0 Å². The summed E-state index contributed by atoms with van der Waals surface area (Å²) in [4.78, 5) is 34.6. The molecule has 2 heterocycles. The van der Waals surface area contributed by atoms with Gasteiger partial charge in [0.05, 0.1) is 23.3 Å². The molecule has 5 rings (SSSR count). The van der Waals surface area contributed by atoms with Gasteiger partial charge in [0.15, 0.2) is 11.0 Å². The molecule has 0 radical (unpaired) electrons. The fourth-order valence-corrected chi connectivity index (χ4v) is 5.07. The van der Waals surface area contributed by atoms with Crippen LogP contribution >= 0.6 is 27.7 Å². The van der Waals surface area contributed by atoms with Crippen molar-refractivity contribution in [3.05, 3.63) is 88.7 Å². The minimum atomic E-state index is -4.77. The number of hydrazone groups is 1. The number of aromatic nitrogens is 3. The lowest BCUT2D eigenvalue weighted by Crippen LogP contribution is -2.31. The van der Waals surface area contributed by atoms with Gasteiger partial charge in [0, 0.05) is 10.0 Å². The number of benzene rings is 3. The maximum Gasteiger partial charge on any atom is 0.573 e. The number of hydrogen-bond donors (Lipinski definition) is 1. The summed E-state index contributed by atoms with van der Waals surface area (Å²) in [6.45, 7) is 1.90. The first-order chi connectivity index (χ1) is 20.1. The zero-order valence-electron chi connectivity index (χ0n) is 21.5. The Morgan fingerprint density at radius 2 is 1.86 bits per heavy atom. The molecule has 0 unspecified atom stereocenters. The van der Waals surface area contributed by atoms with Gasteiger partial charge in [-0.1, -0.05) is 42.1 Å². The molecule has 3 amide bonds. The molecule has 0 aliphatic carbocycles. The van der Waals surface area contributed by atoms with E-state index in [-0.39, 0.29) is 22.6 Å². The van der Waals surface area contributed by atoms with Crippen LogP contribution in [0.25, 0.3) is 17.1 Å². The Hall–Kier alpha value is -4.50. The number of aryl methyl sites for hydroxylation is 1. The van der Waals surface area contributed by atoms with Gasteiger partial charge < -0.3 is 4.74 Å². The number of hydrogen-bond acceptors (Lipinski definition) is 7. The first-order valence-electron chi connectivity index (χ1n) is 12.1. The van der Waals surface area contributed by atoms with Crippen LogP contribution < -0.4 is 15.1 Å². The Balaban J connectivity index is 1.20. The van der Waals surface area contributed by atoms with Gasteiger partial charge in [0.1, 0.15) is 12.1 Å². The molecule has 1 aliphatic rings. The molecule has 3 aromatic carbocycles. The molecule has 42 heavy (non-hydrogen) atoms. The second-order valence-electron chi connectivity index (χ2n) is 8.72. The van der Waals surface area contributed by atoms with Crippen molar-refractivity contribution in [3.8, 4) is 22.8 Å². The smallest absolute Gasteiger partial charge is 0.406 e. The second-order valence-corrected chi connectivity index (χ2v) is 10.5. The van der Waals surface area contributed by atoms with Gasteiger partial charge in [0.2, 0.25) is 5.91 Å². The molecular weight excluding hydrogens is 639 g/mol. The molecule has 1 aromatic heterocycles. The van der Waals surface area contributed by atoms with Crippen LogP contribution in [0, 0.1) is 6.92 Å². The van der Waals surface area contributed by atoms with Gasteiger partial charge in [-0.05, 0) is 70.4 Å². The number of ether oxygens (including phenoxy) is 1. The monoisotopic (exact) mass is 657 g/mol. The largest absolute Gasteiger partial charge is 0.573 e. The first kappa shape index (κ1) is 29.0. The Labute approximate surface area is 249 Å². The van der Waals surface area contributed by atoms with E-state index < -0.39 is 12.4 Å². The third-order valence-corrected chi connectivity index (χ3v) is 7.27. The number of anilines is 1. The molecule has 0 bridgehead atoms. The minimum Gasteiger partial charge on any atom is -0.406 e. The normalized spacial score (nSPS) is 14.6. The molecule has 10 nitrogen and oxygen atoms in total. The van der Waals surface area contributed by atoms with Crippen LogP contribution in [0.4, 0.5) is 23.7 Å². The van der Waals surface area contributed by atoms with Crippen molar-refractivity contribution in [2.45, 2.75) is 13.3 Å². The van der Waals surface area contributed by atoms with E-state index in [1.54, 1.807) is 24.3 Å². The SMILES string of the molecule is Cc1ccc(Br)c(N2C(=O)CS/C2=N\C(=O)N/N=C/c2ccc(-c3ncn(-c4ccc(OC(F)(F)F)cc4)n3)cc2)c1. The van der Waals surface area contributed by atoms with Crippen molar-refractivity contribution in [2.75, 3.05) is 10.7 Å². The zero-order valence-corrected chi connectivity index (χ0v) is 23.9. The highest BCUT2D eigenvalue weighted by atomic mass is 79.9. The van der Waals surface area contributed by atoms with E-state index in [4.69, 9.17) is 0 Å². The molecule has 214 valence electrons. The highest BCUT2D eigenvalue weighted by molar-refractivity contribution is 9.10. The highest BCUT2D eigenvalue weighted by Crippen LogP contribution is 2.33.